The molecule has 2 N–H and O–H groups in total. The molecular formula is C29H43N6O2+. The minimum absolute atomic E-state index is 0.185. The van der Waals surface area contributed by atoms with Crippen LogP contribution < -0.4 is 5.32 Å². The number of ether oxygens (including phenoxy) is 1. The van der Waals surface area contributed by atoms with E-state index >= 15 is 0 Å². The summed E-state index contributed by atoms with van der Waals surface area (Å²) < 4.78 is 7.45. The SMILES string of the molecule is C=CCC(C)(c1ccc(-c2cnc([N+](=C)CCCC)nc2NC2CCC(O)CC2)nc1)N1CCOCC1. The Morgan fingerprint density at radius 3 is 2.59 bits per heavy atom. The number of rotatable bonds is 11. The predicted molar refractivity (Wildman–Crippen MR) is 149 cm³/mol. The van der Waals surface area contributed by atoms with Gasteiger partial charge in [-0.2, -0.15) is 0 Å². The summed E-state index contributed by atoms with van der Waals surface area (Å²) in [4.78, 5) is 16.9. The summed E-state index contributed by atoms with van der Waals surface area (Å²) in [7, 11) is 0. The maximum Gasteiger partial charge on any atom is 0.434 e. The van der Waals surface area contributed by atoms with Gasteiger partial charge in [-0.05, 0) is 62.1 Å². The molecule has 2 aromatic rings. The highest BCUT2D eigenvalue weighted by atomic mass is 16.5. The second-order valence-corrected chi connectivity index (χ2v) is 10.5. The Balaban J connectivity index is 1.63. The molecule has 1 atom stereocenters. The fraction of sp³-hybridized carbons (Fsp3) is 0.586. The number of hydrogen-bond acceptors (Lipinski definition) is 7. The molecule has 2 aliphatic rings. The first kappa shape index (κ1) is 27.4. The minimum atomic E-state index is -0.201. The number of pyridine rings is 1. The van der Waals surface area contributed by atoms with E-state index in [4.69, 9.17) is 14.7 Å². The Bertz CT molecular complexity index is 1040. The van der Waals surface area contributed by atoms with Crippen molar-refractivity contribution in [1.29, 1.82) is 0 Å². The van der Waals surface area contributed by atoms with Gasteiger partial charge in [-0.3, -0.25) is 9.88 Å². The molecule has 2 fully saturated rings. The molecule has 200 valence electrons. The Hall–Kier alpha value is -2.68. The van der Waals surface area contributed by atoms with Crippen LogP contribution in [-0.4, -0.2) is 81.2 Å². The van der Waals surface area contributed by atoms with Crippen molar-refractivity contribution in [2.75, 3.05) is 38.2 Å². The van der Waals surface area contributed by atoms with Crippen molar-refractivity contribution in [3.63, 3.8) is 0 Å². The number of hydrogen-bond donors (Lipinski definition) is 2. The van der Waals surface area contributed by atoms with E-state index in [2.05, 4.69) is 54.5 Å². The van der Waals surface area contributed by atoms with Crippen LogP contribution in [0.4, 0.5) is 11.8 Å². The number of morpholine rings is 1. The fourth-order valence-corrected chi connectivity index (χ4v) is 5.32. The molecule has 4 rings (SSSR count). The van der Waals surface area contributed by atoms with Crippen molar-refractivity contribution in [3.8, 4) is 11.3 Å². The van der Waals surface area contributed by atoms with Gasteiger partial charge in [0.05, 0.1) is 37.1 Å². The highest BCUT2D eigenvalue weighted by molar-refractivity contribution is 5.72. The first-order valence-corrected chi connectivity index (χ1v) is 13.7. The summed E-state index contributed by atoms with van der Waals surface area (Å²) in [5.41, 5.74) is 2.69. The van der Waals surface area contributed by atoms with Crippen LogP contribution in [0.1, 0.15) is 64.4 Å². The summed E-state index contributed by atoms with van der Waals surface area (Å²) in [6, 6.07) is 4.50. The topological polar surface area (TPSA) is 86.4 Å². The molecule has 8 nitrogen and oxygen atoms in total. The number of nitrogens with one attached hydrogen (secondary N) is 1. The number of anilines is 1. The number of aliphatic hydroxyl groups excluding tert-OH is 1. The number of aromatic nitrogens is 3. The predicted octanol–water partition coefficient (Wildman–Crippen LogP) is 4.52. The third kappa shape index (κ3) is 6.61. The molecule has 1 unspecified atom stereocenters. The number of unbranched alkanes of at least 4 members (excludes halogenated alkanes) is 1. The molecule has 3 heterocycles. The molecule has 0 radical (unpaired) electrons. The standard InChI is InChI=1S/C29H43N6O2/c1-5-7-15-34(4)28-31-21-25(27(33-28)32-23-9-11-24(36)12-10-23)26-13-8-22(20-30-26)29(3,14-6-2)35-16-18-37-19-17-35/h6,8,13,20-21,23-24,36H,2,4-5,7,9-12,14-19H2,1,3H3,(H,31,32,33)/q+1. The molecule has 1 saturated heterocycles. The Labute approximate surface area is 221 Å². The summed E-state index contributed by atoms with van der Waals surface area (Å²) in [5, 5.41) is 13.6. The zero-order valence-electron chi connectivity index (χ0n) is 22.5. The van der Waals surface area contributed by atoms with E-state index < -0.39 is 0 Å². The summed E-state index contributed by atoms with van der Waals surface area (Å²) in [5.74, 6) is 1.39. The molecule has 0 bridgehead atoms. The van der Waals surface area contributed by atoms with Crippen LogP contribution in [0.3, 0.4) is 0 Å². The van der Waals surface area contributed by atoms with Crippen molar-refractivity contribution in [1.82, 2.24) is 19.9 Å². The molecule has 0 spiro atoms. The van der Waals surface area contributed by atoms with Crippen LogP contribution >= 0.6 is 0 Å². The zero-order valence-corrected chi connectivity index (χ0v) is 22.5. The van der Waals surface area contributed by atoms with Gasteiger partial charge < -0.3 is 15.2 Å². The van der Waals surface area contributed by atoms with E-state index in [0.717, 1.165) is 100 Å². The Morgan fingerprint density at radius 2 is 1.95 bits per heavy atom. The van der Waals surface area contributed by atoms with Crippen molar-refractivity contribution in [2.24, 2.45) is 0 Å². The molecular weight excluding hydrogens is 464 g/mol. The van der Waals surface area contributed by atoms with E-state index in [1.165, 1.54) is 0 Å². The van der Waals surface area contributed by atoms with Gasteiger partial charge in [-0.1, -0.05) is 30.5 Å². The highest BCUT2D eigenvalue weighted by Gasteiger charge is 2.34. The van der Waals surface area contributed by atoms with Crippen molar-refractivity contribution in [2.45, 2.75) is 76.5 Å². The second kappa shape index (κ2) is 12.7. The molecule has 0 aromatic carbocycles. The molecule has 1 aliphatic carbocycles. The lowest BCUT2D eigenvalue weighted by Gasteiger charge is -2.43. The zero-order chi connectivity index (χ0) is 26.3. The third-order valence-electron chi connectivity index (χ3n) is 7.79. The summed E-state index contributed by atoms with van der Waals surface area (Å²) in [6.45, 7) is 16.7. The summed E-state index contributed by atoms with van der Waals surface area (Å²) in [6.07, 6.45) is 12.0. The monoisotopic (exact) mass is 507 g/mol. The quantitative estimate of drug-likeness (QED) is 0.263. The van der Waals surface area contributed by atoms with Gasteiger partial charge >= 0.3 is 5.95 Å². The van der Waals surface area contributed by atoms with Gasteiger partial charge in [0.1, 0.15) is 6.20 Å². The fourth-order valence-electron chi connectivity index (χ4n) is 5.32. The molecule has 1 aliphatic heterocycles. The van der Waals surface area contributed by atoms with Crippen LogP contribution in [0.15, 0.2) is 37.2 Å². The van der Waals surface area contributed by atoms with Gasteiger partial charge in [0.25, 0.3) is 0 Å². The highest BCUT2D eigenvalue weighted by Crippen LogP contribution is 2.35. The average Bonchev–Trinajstić information content (AvgIpc) is 2.93. The molecule has 8 heteroatoms. The normalized spacial score (nSPS) is 22.2. The van der Waals surface area contributed by atoms with Crippen LogP contribution in [0.25, 0.3) is 11.3 Å². The third-order valence-corrected chi connectivity index (χ3v) is 7.79. The van der Waals surface area contributed by atoms with Crippen LogP contribution in [0.5, 0.6) is 0 Å². The first-order chi connectivity index (χ1) is 17.9. The van der Waals surface area contributed by atoms with Crippen molar-refractivity contribution >= 4 is 18.5 Å². The lowest BCUT2D eigenvalue weighted by atomic mass is 9.87. The lowest BCUT2D eigenvalue weighted by molar-refractivity contribution is -0.440. The summed E-state index contributed by atoms with van der Waals surface area (Å²) >= 11 is 0. The molecule has 37 heavy (non-hydrogen) atoms. The van der Waals surface area contributed by atoms with E-state index in [0.29, 0.717) is 5.95 Å². The maximum absolute atomic E-state index is 9.95. The number of aliphatic hydroxyl groups is 1. The van der Waals surface area contributed by atoms with Gasteiger partial charge in [-0.25, -0.2) is 4.58 Å². The lowest BCUT2D eigenvalue weighted by Crippen LogP contribution is -2.49. The van der Waals surface area contributed by atoms with Crippen molar-refractivity contribution < 1.29 is 14.4 Å². The average molecular weight is 508 g/mol. The molecule has 0 amide bonds. The van der Waals surface area contributed by atoms with Crippen LogP contribution in [0.2, 0.25) is 0 Å². The van der Waals surface area contributed by atoms with Gasteiger partial charge in [-0.15, -0.1) is 6.58 Å². The molecule has 1 saturated carbocycles. The largest absolute Gasteiger partial charge is 0.434 e. The van der Waals surface area contributed by atoms with E-state index in [-0.39, 0.29) is 17.7 Å². The second-order valence-electron chi connectivity index (χ2n) is 10.5. The minimum Gasteiger partial charge on any atom is -0.393 e. The van der Waals surface area contributed by atoms with E-state index in [9.17, 15) is 5.11 Å². The van der Waals surface area contributed by atoms with E-state index in [1.807, 2.05) is 23.0 Å². The van der Waals surface area contributed by atoms with Gasteiger partial charge in [0.15, 0.2) is 0 Å². The van der Waals surface area contributed by atoms with Gasteiger partial charge in [0, 0.05) is 37.6 Å². The van der Waals surface area contributed by atoms with E-state index in [1.54, 1.807) is 0 Å². The molecule has 2 aromatic heterocycles. The van der Waals surface area contributed by atoms with Gasteiger partial charge in [0.2, 0.25) is 5.82 Å². The maximum atomic E-state index is 9.95. The van der Waals surface area contributed by atoms with Crippen molar-refractivity contribution in [3.05, 3.63) is 42.7 Å². The first-order valence-electron chi connectivity index (χ1n) is 13.7. The number of nitrogens with zero attached hydrogens (tertiary/aromatic N) is 5. The van der Waals surface area contributed by atoms with Crippen LogP contribution in [0, 0.1) is 0 Å². The Kier molecular flexibility index (Phi) is 9.40. The van der Waals surface area contributed by atoms with Crippen LogP contribution in [-0.2, 0) is 10.3 Å². The smallest absolute Gasteiger partial charge is 0.393 e. The Morgan fingerprint density at radius 1 is 1.19 bits per heavy atom.